The van der Waals surface area contributed by atoms with Gasteiger partial charge in [-0.05, 0) is 41.1 Å². The normalized spacial score (nSPS) is 10.2. The molecule has 0 aliphatic rings. The summed E-state index contributed by atoms with van der Waals surface area (Å²) < 4.78 is 0.772. The Labute approximate surface area is 119 Å². The molecule has 19 heavy (non-hydrogen) atoms. The van der Waals surface area contributed by atoms with Gasteiger partial charge < -0.3 is 11.1 Å². The molecular formula is C13H13BrN4O. The second-order valence-corrected chi connectivity index (χ2v) is 4.92. The van der Waals surface area contributed by atoms with E-state index >= 15 is 0 Å². The molecular weight excluding hydrogens is 308 g/mol. The molecule has 98 valence electrons. The number of carbonyl (C=O) groups is 1. The van der Waals surface area contributed by atoms with Crippen LogP contribution >= 0.6 is 15.9 Å². The molecule has 1 aromatic carbocycles. The molecule has 0 saturated heterocycles. The molecule has 5 nitrogen and oxygen atoms in total. The molecule has 0 radical (unpaired) electrons. The van der Waals surface area contributed by atoms with Crippen molar-refractivity contribution < 1.29 is 4.79 Å². The van der Waals surface area contributed by atoms with Gasteiger partial charge >= 0.3 is 0 Å². The van der Waals surface area contributed by atoms with Crippen LogP contribution in [-0.4, -0.2) is 15.9 Å². The Morgan fingerprint density at radius 2 is 2.16 bits per heavy atom. The number of nitrogens with one attached hydrogen (secondary N) is 1. The van der Waals surface area contributed by atoms with Gasteiger partial charge in [0.05, 0.1) is 24.1 Å². The SMILES string of the molecule is Cc1cnc(CNC(=O)c2ccc(Br)c(N)c2)cn1. The minimum absolute atomic E-state index is 0.193. The monoisotopic (exact) mass is 320 g/mol. The van der Waals surface area contributed by atoms with Crippen molar-refractivity contribution in [2.24, 2.45) is 0 Å². The summed E-state index contributed by atoms with van der Waals surface area (Å²) in [6.07, 6.45) is 3.31. The number of nitrogens with zero attached hydrogens (tertiary/aromatic N) is 2. The number of nitrogen functional groups attached to an aromatic ring is 1. The van der Waals surface area contributed by atoms with Crippen LogP contribution in [0.2, 0.25) is 0 Å². The van der Waals surface area contributed by atoms with E-state index in [-0.39, 0.29) is 5.91 Å². The molecule has 1 heterocycles. The maximum Gasteiger partial charge on any atom is 0.251 e. The van der Waals surface area contributed by atoms with Gasteiger partial charge in [0.1, 0.15) is 0 Å². The van der Waals surface area contributed by atoms with Crippen molar-refractivity contribution in [3.63, 3.8) is 0 Å². The number of carbonyl (C=O) groups excluding carboxylic acids is 1. The van der Waals surface area contributed by atoms with Crippen molar-refractivity contribution in [3.8, 4) is 0 Å². The number of rotatable bonds is 3. The third kappa shape index (κ3) is 3.51. The van der Waals surface area contributed by atoms with Gasteiger partial charge in [-0.2, -0.15) is 0 Å². The van der Waals surface area contributed by atoms with Crippen LogP contribution in [0, 0.1) is 6.92 Å². The molecule has 1 amide bonds. The summed E-state index contributed by atoms with van der Waals surface area (Å²) in [4.78, 5) is 20.2. The van der Waals surface area contributed by atoms with E-state index in [1.165, 1.54) is 0 Å². The molecule has 3 N–H and O–H groups in total. The summed E-state index contributed by atoms with van der Waals surface area (Å²) in [6, 6.07) is 5.08. The van der Waals surface area contributed by atoms with Crippen LogP contribution in [0.3, 0.4) is 0 Å². The van der Waals surface area contributed by atoms with E-state index in [1.807, 2.05) is 6.92 Å². The second-order valence-electron chi connectivity index (χ2n) is 4.07. The molecule has 2 aromatic rings. The Kier molecular flexibility index (Phi) is 4.11. The first kappa shape index (κ1) is 13.5. The summed E-state index contributed by atoms with van der Waals surface area (Å²) in [5.74, 6) is -0.193. The Balaban J connectivity index is 2.01. The molecule has 2 rings (SSSR count). The van der Waals surface area contributed by atoms with Crippen LogP contribution < -0.4 is 11.1 Å². The smallest absolute Gasteiger partial charge is 0.251 e. The summed E-state index contributed by atoms with van der Waals surface area (Å²) in [5, 5.41) is 2.77. The summed E-state index contributed by atoms with van der Waals surface area (Å²) >= 11 is 3.29. The first-order valence-electron chi connectivity index (χ1n) is 5.67. The van der Waals surface area contributed by atoms with E-state index in [1.54, 1.807) is 30.6 Å². The predicted octanol–water partition coefficient (Wildman–Crippen LogP) is 2.06. The quantitative estimate of drug-likeness (QED) is 0.848. The number of aryl methyl sites for hydroxylation is 1. The van der Waals surface area contributed by atoms with Crippen molar-refractivity contribution in [2.45, 2.75) is 13.5 Å². The number of anilines is 1. The predicted molar refractivity (Wildman–Crippen MR) is 76.5 cm³/mol. The molecule has 0 fully saturated rings. The standard InChI is InChI=1S/C13H13BrN4O/c1-8-5-17-10(6-16-8)7-18-13(19)9-2-3-11(14)12(15)4-9/h2-6H,7,15H2,1H3,(H,18,19). The van der Waals surface area contributed by atoms with Crippen LogP contribution in [0.4, 0.5) is 5.69 Å². The number of aromatic nitrogens is 2. The average molecular weight is 321 g/mol. The van der Waals surface area contributed by atoms with Crippen LogP contribution in [0.5, 0.6) is 0 Å². The highest BCUT2D eigenvalue weighted by Crippen LogP contribution is 2.20. The lowest BCUT2D eigenvalue weighted by Gasteiger charge is -2.06. The van der Waals surface area contributed by atoms with Crippen molar-refractivity contribution >= 4 is 27.5 Å². The number of halogens is 1. The fraction of sp³-hybridized carbons (Fsp3) is 0.154. The molecule has 1 aromatic heterocycles. The van der Waals surface area contributed by atoms with Gasteiger partial charge in [-0.25, -0.2) is 0 Å². The Hall–Kier alpha value is -1.95. The molecule has 0 aliphatic carbocycles. The minimum atomic E-state index is -0.193. The minimum Gasteiger partial charge on any atom is -0.398 e. The second kappa shape index (κ2) is 5.79. The van der Waals surface area contributed by atoms with E-state index in [2.05, 4.69) is 31.2 Å². The van der Waals surface area contributed by atoms with Gasteiger partial charge in [0.2, 0.25) is 0 Å². The Morgan fingerprint density at radius 1 is 1.37 bits per heavy atom. The zero-order chi connectivity index (χ0) is 13.8. The number of nitrogens with two attached hydrogens (primary N) is 1. The fourth-order valence-electron chi connectivity index (χ4n) is 1.47. The van der Waals surface area contributed by atoms with Gasteiger partial charge in [0, 0.05) is 21.9 Å². The average Bonchev–Trinajstić information content (AvgIpc) is 2.41. The molecule has 0 unspecified atom stereocenters. The van der Waals surface area contributed by atoms with Gasteiger partial charge in [-0.15, -0.1) is 0 Å². The fourth-order valence-corrected chi connectivity index (χ4v) is 1.72. The zero-order valence-electron chi connectivity index (χ0n) is 10.4. The molecule has 6 heteroatoms. The summed E-state index contributed by atoms with van der Waals surface area (Å²) in [6.45, 7) is 2.20. The molecule has 0 atom stereocenters. The van der Waals surface area contributed by atoms with Gasteiger partial charge in [-0.3, -0.25) is 14.8 Å². The number of amides is 1. The van der Waals surface area contributed by atoms with E-state index in [0.717, 1.165) is 10.2 Å². The van der Waals surface area contributed by atoms with Gasteiger partial charge in [-0.1, -0.05) is 0 Å². The largest absolute Gasteiger partial charge is 0.398 e. The maximum atomic E-state index is 11.9. The van der Waals surface area contributed by atoms with Crippen LogP contribution in [0.1, 0.15) is 21.7 Å². The number of benzene rings is 1. The highest BCUT2D eigenvalue weighted by molar-refractivity contribution is 9.10. The lowest BCUT2D eigenvalue weighted by atomic mass is 10.2. The highest BCUT2D eigenvalue weighted by Gasteiger charge is 2.07. The molecule has 0 bridgehead atoms. The highest BCUT2D eigenvalue weighted by atomic mass is 79.9. The van der Waals surface area contributed by atoms with Crippen molar-refractivity contribution in [3.05, 3.63) is 52.0 Å². The van der Waals surface area contributed by atoms with Crippen LogP contribution in [0.15, 0.2) is 35.1 Å². The summed E-state index contributed by atoms with van der Waals surface area (Å²) in [5.41, 5.74) is 8.33. The Bertz CT molecular complexity index is 598. The lowest BCUT2D eigenvalue weighted by molar-refractivity contribution is 0.0950. The lowest BCUT2D eigenvalue weighted by Crippen LogP contribution is -2.23. The third-order valence-electron chi connectivity index (χ3n) is 2.52. The van der Waals surface area contributed by atoms with E-state index < -0.39 is 0 Å². The van der Waals surface area contributed by atoms with Gasteiger partial charge in [0.25, 0.3) is 5.91 Å². The number of hydrogen-bond acceptors (Lipinski definition) is 4. The third-order valence-corrected chi connectivity index (χ3v) is 3.24. The molecule has 0 saturated carbocycles. The van der Waals surface area contributed by atoms with Crippen molar-refractivity contribution in [1.82, 2.24) is 15.3 Å². The zero-order valence-corrected chi connectivity index (χ0v) is 11.9. The maximum absolute atomic E-state index is 11.9. The number of hydrogen-bond donors (Lipinski definition) is 2. The molecule has 0 aliphatic heterocycles. The van der Waals surface area contributed by atoms with E-state index in [0.29, 0.717) is 23.5 Å². The molecule has 0 spiro atoms. The first-order valence-corrected chi connectivity index (χ1v) is 6.46. The van der Waals surface area contributed by atoms with Crippen molar-refractivity contribution in [2.75, 3.05) is 5.73 Å². The van der Waals surface area contributed by atoms with Gasteiger partial charge in [0.15, 0.2) is 0 Å². The Morgan fingerprint density at radius 3 is 2.79 bits per heavy atom. The van der Waals surface area contributed by atoms with Crippen LogP contribution in [-0.2, 0) is 6.54 Å². The van der Waals surface area contributed by atoms with Crippen LogP contribution in [0.25, 0.3) is 0 Å². The van der Waals surface area contributed by atoms with Crippen molar-refractivity contribution in [1.29, 1.82) is 0 Å². The van der Waals surface area contributed by atoms with E-state index in [9.17, 15) is 4.79 Å². The topological polar surface area (TPSA) is 80.9 Å². The summed E-state index contributed by atoms with van der Waals surface area (Å²) in [7, 11) is 0. The van der Waals surface area contributed by atoms with E-state index in [4.69, 9.17) is 5.73 Å². The first-order chi connectivity index (χ1) is 9.06.